The smallest absolute Gasteiger partial charge is 0.261 e. The number of hydrogen-bond donors (Lipinski definition) is 1. The standard InChI is InChI=1S/C23H27Cl3N2O3/c1-4-10-27-23(30)21(5-2)28(13-16-6-8-19(25)20(26)12-16)22(29)14-31-17-7-9-18(24)15(3)11-17/h6-9,11-12,21H,4-5,10,13-14H2,1-3H3,(H,27,30)/t21-/m0/s1. The summed E-state index contributed by atoms with van der Waals surface area (Å²) in [6.45, 7) is 6.25. The van der Waals surface area contributed by atoms with Crippen LogP contribution in [-0.2, 0) is 16.1 Å². The molecule has 1 atom stereocenters. The first-order valence-corrected chi connectivity index (χ1v) is 11.3. The number of hydrogen-bond acceptors (Lipinski definition) is 3. The Bertz CT molecular complexity index is 921. The van der Waals surface area contributed by atoms with Crippen LogP contribution >= 0.6 is 34.8 Å². The van der Waals surface area contributed by atoms with E-state index in [-0.39, 0.29) is 25.0 Å². The van der Waals surface area contributed by atoms with Gasteiger partial charge in [-0.25, -0.2) is 0 Å². The van der Waals surface area contributed by atoms with Gasteiger partial charge in [0.2, 0.25) is 5.91 Å². The molecule has 0 aromatic heterocycles. The lowest BCUT2D eigenvalue weighted by atomic mass is 10.1. The third-order valence-corrected chi connectivity index (χ3v) is 5.93. The van der Waals surface area contributed by atoms with Crippen molar-refractivity contribution in [2.45, 2.75) is 46.2 Å². The van der Waals surface area contributed by atoms with Crippen molar-refractivity contribution in [1.82, 2.24) is 10.2 Å². The predicted octanol–water partition coefficient (Wildman–Crippen LogP) is 5.67. The summed E-state index contributed by atoms with van der Waals surface area (Å²) >= 11 is 18.2. The van der Waals surface area contributed by atoms with Gasteiger partial charge in [-0.1, -0.05) is 54.7 Å². The first-order chi connectivity index (χ1) is 14.8. The van der Waals surface area contributed by atoms with Crippen molar-refractivity contribution in [2.75, 3.05) is 13.2 Å². The molecule has 0 spiro atoms. The van der Waals surface area contributed by atoms with Gasteiger partial charge < -0.3 is 15.0 Å². The summed E-state index contributed by atoms with van der Waals surface area (Å²) in [4.78, 5) is 27.4. The topological polar surface area (TPSA) is 58.6 Å². The summed E-state index contributed by atoms with van der Waals surface area (Å²) in [5.41, 5.74) is 1.62. The van der Waals surface area contributed by atoms with Crippen LogP contribution in [0.5, 0.6) is 5.75 Å². The Labute approximate surface area is 198 Å². The van der Waals surface area contributed by atoms with Crippen molar-refractivity contribution in [1.29, 1.82) is 0 Å². The van der Waals surface area contributed by atoms with Crippen LogP contribution in [0, 0.1) is 6.92 Å². The number of nitrogens with zero attached hydrogens (tertiary/aromatic N) is 1. The van der Waals surface area contributed by atoms with E-state index in [2.05, 4.69) is 5.32 Å². The van der Waals surface area contributed by atoms with Crippen LogP contribution in [-0.4, -0.2) is 35.9 Å². The van der Waals surface area contributed by atoms with Gasteiger partial charge in [0.25, 0.3) is 5.91 Å². The van der Waals surface area contributed by atoms with Crippen molar-refractivity contribution in [3.05, 3.63) is 62.6 Å². The van der Waals surface area contributed by atoms with Gasteiger partial charge in [-0.05, 0) is 61.2 Å². The maximum atomic E-state index is 13.1. The third kappa shape index (κ3) is 7.30. The SMILES string of the molecule is CCCNC(=O)[C@H](CC)N(Cc1ccc(Cl)c(Cl)c1)C(=O)COc1ccc(Cl)c(C)c1. The molecule has 2 aromatic rings. The number of amides is 2. The fourth-order valence-corrected chi connectivity index (χ4v) is 3.49. The average molecular weight is 486 g/mol. The molecule has 8 heteroatoms. The molecule has 0 unspecified atom stereocenters. The van der Waals surface area contributed by atoms with Crippen LogP contribution in [0.2, 0.25) is 15.1 Å². The normalized spacial score (nSPS) is 11.7. The van der Waals surface area contributed by atoms with Crippen LogP contribution in [0.15, 0.2) is 36.4 Å². The van der Waals surface area contributed by atoms with Gasteiger partial charge >= 0.3 is 0 Å². The van der Waals surface area contributed by atoms with E-state index in [0.29, 0.717) is 33.8 Å². The minimum absolute atomic E-state index is 0.194. The monoisotopic (exact) mass is 484 g/mol. The number of carbonyl (C=O) groups excluding carboxylic acids is 2. The zero-order chi connectivity index (χ0) is 23.0. The van der Waals surface area contributed by atoms with Gasteiger partial charge in [0, 0.05) is 18.1 Å². The fraction of sp³-hybridized carbons (Fsp3) is 0.391. The summed E-state index contributed by atoms with van der Waals surface area (Å²) < 4.78 is 5.69. The minimum atomic E-state index is -0.635. The van der Waals surface area contributed by atoms with Crippen LogP contribution in [0.3, 0.4) is 0 Å². The zero-order valence-electron chi connectivity index (χ0n) is 17.9. The molecule has 0 radical (unpaired) electrons. The van der Waals surface area contributed by atoms with E-state index in [1.165, 1.54) is 4.90 Å². The summed E-state index contributed by atoms with van der Waals surface area (Å²) in [6, 6.07) is 9.72. The molecule has 31 heavy (non-hydrogen) atoms. The van der Waals surface area contributed by atoms with E-state index < -0.39 is 6.04 Å². The van der Waals surface area contributed by atoms with E-state index in [0.717, 1.165) is 17.5 Å². The summed E-state index contributed by atoms with van der Waals surface area (Å²) in [6.07, 6.45) is 1.27. The van der Waals surface area contributed by atoms with Gasteiger partial charge in [0.15, 0.2) is 6.61 Å². The van der Waals surface area contributed by atoms with Crippen molar-refractivity contribution < 1.29 is 14.3 Å². The maximum Gasteiger partial charge on any atom is 0.261 e. The van der Waals surface area contributed by atoms with E-state index in [4.69, 9.17) is 39.5 Å². The molecule has 0 saturated carbocycles. The summed E-state index contributed by atoms with van der Waals surface area (Å²) in [5, 5.41) is 4.32. The second-order valence-electron chi connectivity index (χ2n) is 7.18. The molecule has 0 saturated heterocycles. The highest BCUT2D eigenvalue weighted by atomic mass is 35.5. The number of ether oxygens (including phenoxy) is 1. The summed E-state index contributed by atoms with van der Waals surface area (Å²) in [7, 11) is 0. The highest BCUT2D eigenvalue weighted by Crippen LogP contribution is 2.25. The Balaban J connectivity index is 2.23. The first-order valence-electron chi connectivity index (χ1n) is 10.2. The molecular formula is C23H27Cl3N2O3. The van der Waals surface area contributed by atoms with Gasteiger partial charge in [0.05, 0.1) is 10.0 Å². The Morgan fingerprint density at radius 1 is 1.03 bits per heavy atom. The number of benzene rings is 2. The van der Waals surface area contributed by atoms with Crippen molar-refractivity contribution >= 4 is 46.6 Å². The fourth-order valence-electron chi connectivity index (χ4n) is 3.06. The van der Waals surface area contributed by atoms with E-state index in [1.54, 1.807) is 36.4 Å². The minimum Gasteiger partial charge on any atom is -0.484 e. The second-order valence-corrected chi connectivity index (χ2v) is 8.41. The van der Waals surface area contributed by atoms with Crippen molar-refractivity contribution in [3.63, 3.8) is 0 Å². The zero-order valence-corrected chi connectivity index (χ0v) is 20.2. The molecule has 5 nitrogen and oxygen atoms in total. The third-order valence-electron chi connectivity index (χ3n) is 4.76. The van der Waals surface area contributed by atoms with Crippen LogP contribution in [0.1, 0.15) is 37.8 Å². The van der Waals surface area contributed by atoms with Crippen LogP contribution in [0.25, 0.3) is 0 Å². The molecule has 0 aliphatic rings. The lowest BCUT2D eigenvalue weighted by molar-refractivity contribution is -0.143. The number of aryl methyl sites for hydroxylation is 1. The van der Waals surface area contributed by atoms with Crippen molar-refractivity contribution in [2.24, 2.45) is 0 Å². The molecule has 168 valence electrons. The van der Waals surface area contributed by atoms with E-state index in [1.807, 2.05) is 20.8 Å². The maximum absolute atomic E-state index is 13.1. The van der Waals surface area contributed by atoms with Crippen LogP contribution in [0.4, 0.5) is 0 Å². The van der Waals surface area contributed by atoms with Gasteiger partial charge in [-0.3, -0.25) is 9.59 Å². The van der Waals surface area contributed by atoms with Gasteiger partial charge in [-0.2, -0.15) is 0 Å². The number of halogens is 3. The lowest BCUT2D eigenvalue weighted by Crippen LogP contribution is -2.50. The molecule has 0 aliphatic carbocycles. The van der Waals surface area contributed by atoms with Crippen LogP contribution < -0.4 is 10.1 Å². The highest BCUT2D eigenvalue weighted by Gasteiger charge is 2.29. The van der Waals surface area contributed by atoms with E-state index >= 15 is 0 Å². The van der Waals surface area contributed by atoms with Gasteiger partial charge in [-0.15, -0.1) is 0 Å². The van der Waals surface area contributed by atoms with E-state index in [9.17, 15) is 9.59 Å². The average Bonchev–Trinajstić information content (AvgIpc) is 2.75. The quantitative estimate of drug-likeness (QED) is 0.472. The summed E-state index contributed by atoms with van der Waals surface area (Å²) in [5.74, 6) is 0.0329. The number of nitrogens with one attached hydrogen (secondary N) is 1. The Morgan fingerprint density at radius 2 is 1.74 bits per heavy atom. The molecule has 2 aromatic carbocycles. The van der Waals surface area contributed by atoms with Crippen molar-refractivity contribution in [3.8, 4) is 5.75 Å². The molecule has 0 aliphatic heterocycles. The largest absolute Gasteiger partial charge is 0.484 e. The van der Waals surface area contributed by atoms with Gasteiger partial charge in [0.1, 0.15) is 11.8 Å². The Kier molecular flexibility index (Phi) is 9.94. The molecule has 2 amide bonds. The highest BCUT2D eigenvalue weighted by molar-refractivity contribution is 6.42. The molecule has 2 rings (SSSR count). The Hall–Kier alpha value is -1.95. The number of rotatable bonds is 10. The lowest BCUT2D eigenvalue weighted by Gasteiger charge is -2.30. The molecule has 0 fully saturated rings. The molecule has 0 heterocycles. The molecule has 1 N–H and O–H groups in total. The molecule has 0 bridgehead atoms. The second kappa shape index (κ2) is 12.2. The molecular weight excluding hydrogens is 459 g/mol. The predicted molar refractivity (Wildman–Crippen MR) is 126 cm³/mol. The number of carbonyl (C=O) groups is 2. The Morgan fingerprint density at radius 3 is 2.35 bits per heavy atom. The first kappa shape index (κ1) is 25.3.